The second-order valence-corrected chi connectivity index (χ2v) is 4.88. The van der Waals surface area contributed by atoms with E-state index in [-0.39, 0.29) is 11.8 Å². The zero-order chi connectivity index (χ0) is 15.2. The van der Waals surface area contributed by atoms with E-state index in [1.54, 1.807) is 26.4 Å². The van der Waals surface area contributed by atoms with Gasteiger partial charge in [0.15, 0.2) is 11.5 Å². The zero-order valence-electron chi connectivity index (χ0n) is 12.6. The van der Waals surface area contributed by atoms with Crippen molar-refractivity contribution in [3.05, 3.63) is 53.6 Å². The summed E-state index contributed by atoms with van der Waals surface area (Å²) in [5.74, 6) is 1.50. The summed E-state index contributed by atoms with van der Waals surface area (Å²) in [7, 11) is 3.20. The molecule has 21 heavy (non-hydrogen) atoms. The van der Waals surface area contributed by atoms with Gasteiger partial charge in [-0.1, -0.05) is 18.2 Å². The Bertz CT molecular complexity index is 581. The van der Waals surface area contributed by atoms with Gasteiger partial charge in [0.25, 0.3) is 0 Å². The first-order valence-corrected chi connectivity index (χ1v) is 6.87. The first-order valence-electron chi connectivity index (χ1n) is 6.87. The first kappa shape index (κ1) is 15.2. The highest BCUT2D eigenvalue weighted by Gasteiger charge is 2.07. The molecule has 0 unspecified atom stereocenters. The fraction of sp³-hybridized carbons (Fsp3) is 0.294. The molecule has 0 saturated carbocycles. The molecule has 2 aromatic rings. The molecular formula is C17H21NO3. The zero-order valence-corrected chi connectivity index (χ0v) is 12.6. The predicted molar refractivity (Wildman–Crippen MR) is 82.9 cm³/mol. The smallest absolute Gasteiger partial charge is 0.160 e. The lowest BCUT2D eigenvalue weighted by atomic mass is 10.1. The topological polar surface area (TPSA) is 50.7 Å². The van der Waals surface area contributed by atoms with E-state index in [2.05, 4.69) is 12.2 Å². The molecule has 2 aromatic carbocycles. The van der Waals surface area contributed by atoms with Gasteiger partial charge in [-0.15, -0.1) is 0 Å². The minimum Gasteiger partial charge on any atom is -0.504 e. The molecule has 0 radical (unpaired) electrons. The number of ether oxygens (including phenoxy) is 2. The van der Waals surface area contributed by atoms with Gasteiger partial charge in [-0.25, -0.2) is 0 Å². The summed E-state index contributed by atoms with van der Waals surface area (Å²) in [6.45, 7) is 2.77. The summed E-state index contributed by atoms with van der Waals surface area (Å²) < 4.78 is 10.2. The molecule has 0 spiro atoms. The van der Waals surface area contributed by atoms with E-state index in [0.29, 0.717) is 12.3 Å². The van der Waals surface area contributed by atoms with E-state index in [1.165, 1.54) is 5.56 Å². The van der Waals surface area contributed by atoms with Gasteiger partial charge in [0.05, 0.1) is 14.2 Å². The monoisotopic (exact) mass is 287 g/mol. The lowest BCUT2D eigenvalue weighted by molar-refractivity contribution is 0.373. The lowest BCUT2D eigenvalue weighted by Gasteiger charge is -2.15. The Morgan fingerprint density at radius 2 is 1.76 bits per heavy atom. The van der Waals surface area contributed by atoms with E-state index < -0.39 is 0 Å². The Morgan fingerprint density at radius 1 is 1.05 bits per heavy atom. The fourth-order valence-corrected chi connectivity index (χ4v) is 2.13. The van der Waals surface area contributed by atoms with E-state index in [1.807, 2.05) is 30.3 Å². The first-order chi connectivity index (χ1) is 10.1. The number of nitrogens with one attached hydrogen (secondary N) is 1. The fourth-order valence-electron chi connectivity index (χ4n) is 2.13. The highest BCUT2D eigenvalue weighted by molar-refractivity contribution is 5.41. The quantitative estimate of drug-likeness (QED) is 0.856. The molecule has 112 valence electrons. The van der Waals surface area contributed by atoms with Crippen molar-refractivity contribution >= 4 is 0 Å². The van der Waals surface area contributed by atoms with E-state index in [0.717, 1.165) is 11.3 Å². The largest absolute Gasteiger partial charge is 0.504 e. The summed E-state index contributed by atoms with van der Waals surface area (Å²) in [5, 5.41) is 13.2. The molecule has 4 nitrogen and oxygen atoms in total. The molecule has 1 atom stereocenters. The molecule has 0 fully saturated rings. The van der Waals surface area contributed by atoms with E-state index >= 15 is 0 Å². The summed E-state index contributed by atoms with van der Waals surface area (Å²) in [6, 6.07) is 13.6. The summed E-state index contributed by atoms with van der Waals surface area (Å²) in [6.07, 6.45) is 0. The van der Waals surface area contributed by atoms with Crippen molar-refractivity contribution in [1.82, 2.24) is 5.32 Å². The predicted octanol–water partition coefficient (Wildman–Crippen LogP) is 3.26. The number of aromatic hydroxyl groups is 1. The van der Waals surface area contributed by atoms with Gasteiger partial charge in [-0.2, -0.15) is 0 Å². The normalized spacial score (nSPS) is 12.0. The van der Waals surface area contributed by atoms with Gasteiger partial charge >= 0.3 is 0 Å². The van der Waals surface area contributed by atoms with Crippen LogP contribution in [0.3, 0.4) is 0 Å². The Balaban J connectivity index is 1.96. The molecular weight excluding hydrogens is 266 g/mol. The maximum Gasteiger partial charge on any atom is 0.160 e. The number of phenolic OH excluding ortho intramolecular Hbond substituents is 1. The standard InChI is InChI=1S/C17H21NO3/c1-12(14-5-7-15(20-2)8-6-14)18-11-13-4-9-17(21-3)16(19)10-13/h4-10,12,18-19H,11H2,1-3H3/t12-/m1/s1. The van der Waals surface area contributed by atoms with Crippen molar-refractivity contribution < 1.29 is 14.6 Å². The minimum absolute atomic E-state index is 0.161. The van der Waals surface area contributed by atoms with Gasteiger partial charge in [0.1, 0.15) is 5.75 Å². The lowest BCUT2D eigenvalue weighted by Crippen LogP contribution is -2.17. The van der Waals surface area contributed by atoms with Crippen LogP contribution < -0.4 is 14.8 Å². The van der Waals surface area contributed by atoms with Gasteiger partial charge in [0.2, 0.25) is 0 Å². The van der Waals surface area contributed by atoms with Crippen LogP contribution in [0.4, 0.5) is 0 Å². The third kappa shape index (κ3) is 3.89. The van der Waals surface area contributed by atoms with Crippen LogP contribution in [0.15, 0.2) is 42.5 Å². The van der Waals surface area contributed by atoms with Gasteiger partial charge in [-0.3, -0.25) is 0 Å². The molecule has 0 aliphatic carbocycles. The Kier molecular flexibility index (Phi) is 5.06. The number of rotatable bonds is 6. The number of methoxy groups -OCH3 is 2. The van der Waals surface area contributed by atoms with Crippen LogP contribution in [0, 0.1) is 0 Å². The third-order valence-electron chi connectivity index (χ3n) is 3.47. The van der Waals surface area contributed by atoms with Crippen molar-refractivity contribution in [3.63, 3.8) is 0 Å². The second-order valence-electron chi connectivity index (χ2n) is 4.88. The van der Waals surface area contributed by atoms with Gasteiger partial charge in [-0.05, 0) is 42.3 Å². The van der Waals surface area contributed by atoms with Crippen LogP contribution in [0.2, 0.25) is 0 Å². The molecule has 0 aliphatic rings. The summed E-state index contributed by atoms with van der Waals surface area (Å²) in [5.41, 5.74) is 2.20. The Hall–Kier alpha value is -2.20. The molecule has 0 saturated heterocycles. The molecule has 0 aliphatic heterocycles. The molecule has 2 N–H and O–H groups in total. The number of hydrogen-bond acceptors (Lipinski definition) is 4. The van der Waals surface area contributed by atoms with Crippen LogP contribution in [0.1, 0.15) is 24.1 Å². The van der Waals surface area contributed by atoms with Crippen molar-refractivity contribution in [2.75, 3.05) is 14.2 Å². The maximum atomic E-state index is 9.76. The van der Waals surface area contributed by atoms with E-state index in [9.17, 15) is 5.11 Å². The van der Waals surface area contributed by atoms with E-state index in [4.69, 9.17) is 9.47 Å². The highest BCUT2D eigenvalue weighted by atomic mass is 16.5. The Labute approximate surface area is 125 Å². The average molecular weight is 287 g/mol. The van der Waals surface area contributed by atoms with Crippen LogP contribution in [-0.2, 0) is 6.54 Å². The van der Waals surface area contributed by atoms with Gasteiger partial charge < -0.3 is 19.9 Å². The third-order valence-corrected chi connectivity index (χ3v) is 3.47. The molecule has 2 rings (SSSR count). The van der Waals surface area contributed by atoms with Crippen molar-refractivity contribution in [2.24, 2.45) is 0 Å². The van der Waals surface area contributed by atoms with Crippen molar-refractivity contribution in [2.45, 2.75) is 19.5 Å². The Morgan fingerprint density at radius 3 is 2.33 bits per heavy atom. The molecule has 0 amide bonds. The van der Waals surface area contributed by atoms with Crippen LogP contribution in [-0.4, -0.2) is 19.3 Å². The van der Waals surface area contributed by atoms with Crippen LogP contribution in [0.5, 0.6) is 17.2 Å². The van der Waals surface area contributed by atoms with Crippen molar-refractivity contribution in [1.29, 1.82) is 0 Å². The number of benzene rings is 2. The second kappa shape index (κ2) is 6.99. The van der Waals surface area contributed by atoms with Crippen LogP contribution in [0.25, 0.3) is 0 Å². The summed E-state index contributed by atoms with van der Waals surface area (Å²) >= 11 is 0. The van der Waals surface area contributed by atoms with Crippen molar-refractivity contribution in [3.8, 4) is 17.2 Å². The van der Waals surface area contributed by atoms with Crippen LogP contribution >= 0.6 is 0 Å². The average Bonchev–Trinajstić information content (AvgIpc) is 2.52. The molecule has 0 aromatic heterocycles. The SMILES string of the molecule is COc1ccc([C@@H](C)NCc2ccc(OC)c(O)c2)cc1. The number of hydrogen-bond donors (Lipinski definition) is 2. The molecule has 0 bridgehead atoms. The highest BCUT2D eigenvalue weighted by Crippen LogP contribution is 2.26. The number of phenols is 1. The summed E-state index contributed by atoms with van der Waals surface area (Å²) in [4.78, 5) is 0. The molecule has 0 heterocycles. The minimum atomic E-state index is 0.161. The van der Waals surface area contributed by atoms with Gasteiger partial charge in [0, 0.05) is 12.6 Å². The molecule has 4 heteroatoms. The maximum absolute atomic E-state index is 9.76.